The van der Waals surface area contributed by atoms with E-state index in [9.17, 15) is 4.79 Å². The summed E-state index contributed by atoms with van der Waals surface area (Å²) in [5.74, 6) is 0.855. The van der Waals surface area contributed by atoms with Crippen molar-refractivity contribution in [3.8, 4) is 5.75 Å². The van der Waals surface area contributed by atoms with Crippen LogP contribution in [0.3, 0.4) is 0 Å². The van der Waals surface area contributed by atoms with E-state index in [-0.39, 0.29) is 11.7 Å². The van der Waals surface area contributed by atoms with Crippen molar-refractivity contribution < 1.29 is 9.53 Å². The van der Waals surface area contributed by atoms with Gasteiger partial charge in [-0.05, 0) is 30.9 Å². The summed E-state index contributed by atoms with van der Waals surface area (Å²) in [6, 6.07) is 5.85. The van der Waals surface area contributed by atoms with Crippen molar-refractivity contribution in [1.82, 2.24) is 0 Å². The quantitative estimate of drug-likeness (QED) is 0.814. The molecule has 0 aliphatic carbocycles. The summed E-state index contributed by atoms with van der Waals surface area (Å²) in [7, 11) is 0. The average Bonchev–Trinajstić information content (AvgIpc) is 2.43. The molecule has 1 atom stereocenters. The average molecular weight is 247 g/mol. The van der Waals surface area contributed by atoms with Crippen LogP contribution >= 0.6 is 0 Å². The fraction of sp³-hybridized carbons (Fsp3) is 0.533. The van der Waals surface area contributed by atoms with Gasteiger partial charge in [-0.1, -0.05) is 25.5 Å². The molecule has 1 aromatic rings. The first-order valence-corrected chi connectivity index (χ1v) is 6.77. The highest BCUT2D eigenvalue weighted by Gasteiger charge is 2.24. The number of rotatable bonds is 5. The van der Waals surface area contributed by atoms with Crippen molar-refractivity contribution >= 4 is 5.78 Å². The Bertz CT molecular complexity index is 429. The van der Waals surface area contributed by atoms with Crippen LogP contribution in [0.5, 0.6) is 5.75 Å². The molecule has 0 fully saturated rings. The molecule has 0 saturated heterocycles. The normalized spacial score (nSPS) is 15.7. The van der Waals surface area contributed by atoms with Gasteiger partial charge >= 0.3 is 0 Å². The molecule has 2 rings (SSSR count). The zero-order chi connectivity index (χ0) is 13.0. The number of carbonyl (C=O) groups is 1. The Hall–Kier alpha value is -1.35. The lowest BCUT2D eigenvalue weighted by atomic mass is 9.91. The SMILES string of the molecule is CCCC(CN)C(=O)c1cccc2c1OCCC2. The fourth-order valence-electron chi connectivity index (χ4n) is 2.51. The molecule has 0 spiro atoms. The van der Waals surface area contributed by atoms with Gasteiger partial charge in [-0.3, -0.25) is 4.79 Å². The van der Waals surface area contributed by atoms with Crippen LogP contribution < -0.4 is 10.5 Å². The number of para-hydroxylation sites is 1. The highest BCUT2D eigenvalue weighted by Crippen LogP contribution is 2.31. The Kier molecular flexibility index (Phi) is 4.37. The maximum absolute atomic E-state index is 12.5. The van der Waals surface area contributed by atoms with Gasteiger partial charge in [0.05, 0.1) is 12.2 Å². The van der Waals surface area contributed by atoms with Crippen LogP contribution in [0.2, 0.25) is 0 Å². The van der Waals surface area contributed by atoms with Gasteiger partial charge in [-0.15, -0.1) is 0 Å². The summed E-state index contributed by atoms with van der Waals surface area (Å²) in [6.07, 6.45) is 3.85. The number of nitrogens with two attached hydrogens (primary N) is 1. The molecule has 18 heavy (non-hydrogen) atoms. The molecule has 0 aromatic heterocycles. The number of hydrogen-bond donors (Lipinski definition) is 1. The minimum absolute atomic E-state index is 0.0768. The minimum atomic E-state index is -0.0768. The van der Waals surface area contributed by atoms with Gasteiger partial charge in [0.2, 0.25) is 0 Å². The van der Waals surface area contributed by atoms with Gasteiger partial charge in [0.25, 0.3) is 0 Å². The molecule has 1 aromatic carbocycles. The largest absolute Gasteiger partial charge is 0.493 e. The van der Waals surface area contributed by atoms with Crippen molar-refractivity contribution in [1.29, 1.82) is 0 Å². The van der Waals surface area contributed by atoms with Crippen LogP contribution in [0.15, 0.2) is 18.2 Å². The first kappa shape index (κ1) is 13.1. The van der Waals surface area contributed by atoms with Gasteiger partial charge in [0, 0.05) is 12.5 Å². The first-order valence-electron chi connectivity index (χ1n) is 6.77. The molecular weight excluding hydrogens is 226 g/mol. The van der Waals surface area contributed by atoms with Gasteiger partial charge in [0.1, 0.15) is 5.75 Å². The van der Waals surface area contributed by atoms with Crippen LogP contribution in [0.4, 0.5) is 0 Å². The smallest absolute Gasteiger partial charge is 0.170 e. The van der Waals surface area contributed by atoms with E-state index in [0.29, 0.717) is 13.2 Å². The van der Waals surface area contributed by atoms with Crippen LogP contribution in [0.1, 0.15) is 42.1 Å². The van der Waals surface area contributed by atoms with Crippen LogP contribution in [-0.2, 0) is 6.42 Å². The van der Waals surface area contributed by atoms with E-state index >= 15 is 0 Å². The van der Waals surface area contributed by atoms with E-state index < -0.39 is 0 Å². The molecular formula is C15H21NO2. The number of aryl methyl sites for hydroxylation is 1. The lowest BCUT2D eigenvalue weighted by Crippen LogP contribution is -2.25. The van der Waals surface area contributed by atoms with E-state index in [4.69, 9.17) is 10.5 Å². The van der Waals surface area contributed by atoms with E-state index in [2.05, 4.69) is 6.92 Å². The van der Waals surface area contributed by atoms with Crippen molar-refractivity contribution in [2.24, 2.45) is 11.7 Å². The number of benzene rings is 1. The Morgan fingerprint density at radius 3 is 3.06 bits per heavy atom. The third-order valence-corrected chi connectivity index (χ3v) is 3.49. The summed E-state index contributed by atoms with van der Waals surface area (Å²) in [6.45, 7) is 3.20. The monoisotopic (exact) mass is 247 g/mol. The van der Waals surface area contributed by atoms with Crippen molar-refractivity contribution in [3.63, 3.8) is 0 Å². The third-order valence-electron chi connectivity index (χ3n) is 3.49. The Labute approximate surface area is 108 Å². The molecule has 3 nitrogen and oxygen atoms in total. The maximum atomic E-state index is 12.5. The van der Waals surface area contributed by atoms with Gasteiger partial charge < -0.3 is 10.5 Å². The second-order valence-electron chi connectivity index (χ2n) is 4.83. The Morgan fingerprint density at radius 2 is 2.33 bits per heavy atom. The Balaban J connectivity index is 2.29. The van der Waals surface area contributed by atoms with Crippen LogP contribution in [0.25, 0.3) is 0 Å². The van der Waals surface area contributed by atoms with Gasteiger partial charge in [0.15, 0.2) is 5.78 Å². The van der Waals surface area contributed by atoms with Crippen LogP contribution in [0, 0.1) is 5.92 Å². The van der Waals surface area contributed by atoms with Crippen molar-refractivity contribution in [3.05, 3.63) is 29.3 Å². The second-order valence-corrected chi connectivity index (χ2v) is 4.83. The topological polar surface area (TPSA) is 52.3 Å². The first-order chi connectivity index (χ1) is 8.77. The Morgan fingerprint density at radius 1 is 1.50 bits per heavy atom. The molecule has 0 saturated carbocycles. The lowest BCUT2D eigenvalue weighted by Gasteiger charge is -2.21. The van der Waals surface area contributed by atoms with Gasteiger partial charge in [-0.25, -0.2) is 0 Å². The third kappa shape index (κ3) is 2.56. The molecule has 0 amide bonds. The second kappa shape index (κ2) is 6.01. The number of ketones is 1. The van der Waals surface area contributed by atoms with Crippen LogP contribution in [-0.4, -0.2) is 18.9 Å². The number of fused-ring (bicyclic) bond motifs is 1. The van der Waals surface area contributed by atoms with Crippen molar-refractivity contribution in [2.75, 3.05) is 13.2 Å². The number of hydrogen-bond acceptors (Lipinski definition) is 3. The molecule has 1 aliphatic heterocycles. The molecule has 0 bridgehead atoms. The molecule has 1 heterocycles. The summed E-state index contributed by atoms with van der Waals surface area (Å²) in [5, 5.41) is 0. The van der Waals surface area contributed by atoms with E-state index in [0.717, 1.165) is 42.6 Å². The van der Waals surface area contributed by atoms with Gasteiger partial charge in [-0.2, -0.15) is 0 Å². The highest BCUT2D eigenvalue weighted by atomic mass is 16.5. The molecule has 1 aliphatic rings. The molecule has 1 unspecified atom stereocenters. The molecule has 98 valence electrons. The van der Waals surface area contributed by atoms with Crippen molar-refractivity contribution in [2.45, 2.75) is 32.6 Å². The van der Waals surface area contributed by atoms with E-state index in [1.807, 2.05) is 18.2 Å². The number of Topliss-reactive ketones (excluding diaryl/α,β-unsaturated/α-hetero) is 1. The molecule has 0 radical (unpaired) electrons. The predicted octanol–water partition coefficient (Wildman–Crippen LogP) is 2.57. The van der Waals surface area contributed by atoms with E-state index in [1.165, 1.54) is 0 Å². The van der Waals surface area contributed by atoms with E-state index in [1.54, 1.807) is 0 Å². The standard InChI is InChI=1S/C15H21NO2/c1-2-5-12(10-16)14(17)13-8-3-6-11-7-4-9-18-15(11)13/h3,6,8,12H,2,4-5,7,9-10,16H2,1H3. The lowest BCUT2D eigenvalue weighted by molar-refractivity contribution is 0.0912. The summed E-state index contributed by atoms with van der Waals surface area (Å²) < 4.78 is 5.69. The zero-order valence-electron chi connectivity index (χ0n) is 10.9. The minimum Gasteiger partial charge on any atom is -0.493 e. The highest BCUT2D eigenvalue weighted by molar-refractivity contribution is 6.00. The predicted molar refractivity (Wildman–Crippen MR) is 72.0 cm³/mol. The maximum Gasteiger partial charge on any atom is 0.170 e. The fourth-order valence-corrected chi connectivity index (χ4v) is 2.51. The zero-order valence-corrected chi connectivity index (χ0v) is 10.9. The molecule has 2 N–H and O–H groups in total. The molecule has 3 heteroatoms. The number of ether oxygens (including phenoxy) is 1. The summed E-state index contributed by atoms with van der Waals surface area (Å²) in [4.78, 5) is 12.5. The summed E-state index contributed by atoms with van der Waals surface area (Å²) in [5.41, 5.74) is 7.58. The summed E-state index contributed by atoms with van der Waals surface area (Å²) >= 11 is 0. The number of carbonyl (C=O) groups excluding carboxylic acids is 1.